The van der Waals surface area contributed by atoms with E-state index in [-0.39, 0.29) is 5.91 Å². The van der Waals surface area contributed by atoms with Crippen LogP contribution in [0.15, 0.2) is 0 Å². The van der Waals surface area contributed by atoms with Gasteiger partial charge < -0.3 is 11.1 Å². The Morgan fingerprint density at radius 3 is 2.41 bits per heavy atom. The van der Waals surface area contributed by atoms with Gasteiger partial charge in [-0.25, -0.2) is 0 Å². The predicted molar refractivity (Wildman–Crippen MR) is 77.3 cm³/mol. The number of primary amides is 1. The lowest BCUT2D eigenvalue weighted by molar-refractivity contribution is -0.124. The largest absolute Gasteiger partial charge is 0.368 e. The van der Waals surface area contributed by atoms with Crippen LogP contribution >= 0.6 is 11.8 Å². The Hall–Kier alpha value is -0.220. The number of hydrogen-bond donors (Lipinski definition) is 2. The van der Waals surface area contributed by atoms with E-state index in [0.717, 1.165) is 24.6 Å². The van der Waals surface area contributed by atoms with Gasteiger partial charge in [-0.15, -0.1) is 0 Å². The van der Waals surface area contributed by atoms with Crippen LogP contribution in [-0.2, 0) is 4.79 Å². The number of thioether (sulfide) groups is 1. The zero-order chi connectivity index (χ0) is 13.5. The number of likely N-dealkylation sites (N-methyl/N-ethyl adjacent to an activating group) is 1. The van der Waals surface area contributed by atoms with Crippen molar-refractivity contribution in [3.63, 3.8) is 0 Å². The topological polar surface area (TPSA) is 55.1 Å². The molecule has 1 amide bonds. The molecular weight excluding hydrogens is 232 g/mol. The summed E-state index contributed by atoms with van der Waals surface area (Å²) in [4.78, 5) is 11.5. The smallest absolute Gasteiger partial charge is 0.237 e. The highest BCUT2D eigenvalue weighted by molar-refractivity contribution is 7.99. The number of rotatable bonds is 9. The molecule has 0 saturated heterocycles. The number of carbonyl (C=O) groups is 1. The molecule has 102 valence electrons. The third-order valence-electron chi connectivity index (χ3n) is 2.90. The summed E-state index contributed by atoms with van der Waals surface area (Å²) in [6.45, 7) is 11.3. The predicted octanol–water partition coefficient (Wildman–Crippen LogP) is 2.40. The van der Waals surface area contributed by atoms with Crippen molar-refractivity contribution in [3.8, 4) is 0 Å². The van der Waals surface area contributed by atoms with E-state index in [1.807, 2.05) is 25.6 Å². The summed E-state index contributed by atoms with van der Waals surface area (Å²) in [5.74, 6) is 1.64. The van der Waals surface area contributed by atoms with Crippen LogP contribution in [0.2, 0.25) is 0 Å². The fourth-order valence-electron chi connectivity index (χ4n) is 1.79. The van der Waals surface area contributed by atoms with Gasteiger partial charge in [0.05, 0.1) is 5.54 Å². The molecule has 0 aliphatic carbocycles. The van der Waals surface area contributed by atoms with Crippen LogP contribution in [0.25, 0.3) is 0 Å². The van der Waals surface area contributed by atoms with Gasteiger partial charge in [-0.2, -0.15) is 11.8 Å². The Kier molecular flexibility index (Phi) is 7.88. The van der Waals surface area contributed by atoms with E-state index < -0.39 is 5.54 Å². The summed E-state index contributed by atoms with van der Waals surface area (Å²) in [7, 11) is 0. The molecule has 0 heterocycles. The second-order valence-electron chi connectivity index (χ2n) is 5.29. The Labute approximate surface area is 110 Å². The van der Waals surface area contributed by atoms with E-state index >= 15 is 0 Å². The van der Waals surface area contributed by atoms with Gasteiger partial charge >= 0.3 is 0 Å². The van der Waals surface area contributed by atoms with Crippen molar-refractivity contribution in [2.75, 3.05) is 12.3 Å². The van der Waals surface area contributed by atoms with Gasteiger partial charge in [0, 0.05) is 5.25 Å². The molecule has 0 bridgehead atoms. The van der Waals surface area contributed by atoms with Crippen LogP contribution in [0.5, 0.6) is 0 Å². The first-order valence-electron chi connectivity index (χ1n) is 6.48. The number of carbonyl (C=O) groups excluding carboxylic acids is 1. The molecule has 3 N–H and O–H groups in total. The summed E-state index contributed by atoms with van der Waals surface area (Å²) >= 11 is 1.93. The van der Waals surface area contributed by atoms with Gasteiger partial charge in [0.2, 0.25) is 5.91 Å². The van der Waals surface area contributed by atoms with Crippen molar-refractivity contribution in [2.24, 2.45) is 11.7 Å². The molecule has 0 spiro atoms. The second-order valence-corrected chi connectivity index (χ2v) is 6.84. The second kappa shape index (κ2) is 7.98. The molecule has 0 saturated carbocycles. The standard InChI is InChI=1S/C13H28N2OS/c1-6-15-13(5,12(14)16)9-11(4)17-8-7-10(2)3/h10-11,15H,6-9H2,1-5H3,(H2,14,16). The lowest BCUT2D eigenvalue weighted by atomic mass is 9.95. The van der Waals surface area contributed by atoms with Gasteiger partial charge in [0.1, 0.15) is 0 Å². The monoisotopic (exact) mass is 260 g/mol. The van der Waals surface area contributed by atoms with E-state index in [9.17, 15) is 4.79 Å². The van der Waals surface area contributed by atoms with E-state index in [4.69, 9.17) is 5.73 Å². The Morgan fingerprint density at radius 1 is 1.41 bits per heavy atom. The number of amides is 1. The zero-order valence-electron chi connectivity index (χ0n) is 11.9. The molecule has 2 unspecified atom stereocenters. The number of nitrogens with two attached hydrogens (primary N) is 1. The highest BCUT2D eigenvalue weighted by atomic mass is 32.2. The molecular formula is C13H28N2OS. The molecule has 0 aliphatic heterocycles. The highest BCUT2D eigenvalue weighted by Crippen LogP contribution is 2.23. The van der Waals surface area contributed by atoms with Crippen LogP contribution in [0.3, 0.4) is 0 Å². The highest BCUT2D eigenvalue weighted by Gasteiger charge is 2.31. The van der Waals surface area contributed by atoms with Crippen molar-refractivity contribution < 1.29 is 4.79 Å². The molecule has 3 nitrogen and oxygen atoms in total. The number of hydrogen-bond acceptors (Lipinski definition) is 3. The molecule has 0 aliphatic rings. The quantitative estimate of drug-likeness (QED) is 0.669. The third kappa shape index (κ3) is 6.94. The maximum Gasteiger partial charge on any atom is 0.237 e. The van der Waals surface area contributed by atoms with Gasteiger partial charge in [-0.3, -0.25) is 4.79 Å². The molecule has 0 rings (SSSR count). The molecule has 0 aromatic rings. The summed E-state index contributed by atoms with van der Waals surface area (Å²) in [6.07, 6.45) is 2.02. The zero-order valence-corrected chi connectivity index (χ0v) is 12.7. The van der Waals surface area contributed by atoms with E-state index in [1.165, 1.54) is 6.42 Å². The van der Waals surface area contributed by atoms with Crippen molar-refractivity contribution >= 4 is 17.7 Å². The van der Waals surface area contributed by atoms with Crippen molar-refractivity contribution in [1.29, 1.82) is 0 Å². The minimum atomic E-state index is -0.570. The first kappa shape index (κ1) is 16.8. The third-order valence-corrected chi connectivity index (χ3v) is 4.11. The summed E-state index contributed by atoms with van der Waals surface area (Å²) in [6, 6.07) is 0. The normalized spacial score (nSPS) is 16.8. The lowest BCUT2D eigenvalue weighted by Crippen LogP contribution is -2.54. The van der Waals surface area contributed by atoms with Crippen molar-refractivity contribution in [2.45, 2.75) is 58.2 Å². The maximum atomic E-state index is 11.5. The first-order chi connectivity index (χ1) is 7.81. The molecule has 0 aromatic heterocycles. The van der Waals surface area contributed by atoms with Crippen LogP contribution in [0.4, 0.5) is 0 Å². The molecule has 0 radical (unpaired) electrons. The lowest BCUT2D eigenvalue weighted by Gasteiger charge is -2.29. The van der Waals surface area contributed by atoms with Gasteiger partial charge in [-0.05, 0) is 38.0 Å². The first-order valence-corrected chi connectivity index (χ1v) is 7.53. The molecule has 2 atom stereocenters. The minimum Gasteiger partial charge on any atom is -0.368 e. The van der Waals surface area contributed by atoms with Crippen LogP contribution in [0.1, 0.15) is 47.5 Å². The van der Waals surface area contributed by atoms with Gasteiger partial charge in [-0.1, -0.05) is 27.7 Å². The van der Waals surface area contributed by atoms with Gasteiger partial charge in [0.15, 0.2) is 0 Å². The summed E-state index contributed by atoms with van der Waals surface area (Å²) < 4.78 is 0. The fraction of sp³-hybridized carbons (Fsp3) is 0.923. The fourth-order valence-corrected chi connectivity index (χ4v) is 3.25. The van der Waals surface area contributed by atoms with Crippen molar-refractivity contribution in [3.05, 3.63) is 0 Å². The van der Waals surface area contributed by atoms with Crippen LogP contribution in [-0.4, -0.2) is 29.0 Å². The Bertz CT molecular complexity index is 233. The Morgan fingerprint density at radius 2 is 2.00 bits per heavy atom. The van der Waals surface area contributed by atoms with Gasteiger partial charge in [0.25, 0.3) is 0 Å². The molecule has 4 heteroatoms. The van der Waals surface area contributed by atoms with Crippen LogP contribution < -0.4 is 11.1 Å². The van der Waals surface area contributed by atoms with Crippen molar-refractivity contribution in [1.82, 2.24) is 5.32 Å². The molecule has 0 fully saturated rings. The van der Waals surface area contributed by atoms with Crippen LogP contribution in [0, 0.1) is 5.92 Å². The average Bonchev–Trinajstić information content (AvgIpc) is 2.16. The molecule has 0 aromatic carbocycles. The minimum absolute atomic E-state index is 0.254. The summed E-state index contributed by atoms with van der Waals surface area (Å²) in [5.41, 5.74) is 4.90. The van der Waals surface area contributed by atoms with E-state index in [1.54, 1.807) is 0 Å². The summed E-state index contributed by atoms with van der Waals surface area (Å²) in [5, 5.41) is 3.65. The van der Waals surface area contributed by atoms with E-state index in [0.29, 0.717) is 5.25 Å². The number of nitrogens with one attached hydrogen (secondary N) is 1. The SMILES string of the molecule is CCNC(C)(CC(C)SCCC(C)C)C(N)=O. The Balaban J connectivity index is 4.13. The average molecular weight is 260 g/mol. The maximum absolute atomic E-state index is 11.5. The molecule has 17 heavy (non-hydrogen) atoms. The van der Waals surface area contributed by atoms with E-state index in [2.05, 4.69) is 26.1 Å².